The molecule has 5 fully saturated rings. The summed E-state index contributed by atoms with van der Waals surface area (Å²) in [6.45, 7) is 0.919. The third-order valence-electron chi connectivity index (χ3n) is 9.57. The van der Waals surface area contributed by atoms with Crippen LogP contribution in [-0.2, 0) is 19.2 Å². The van der Waals surface area contributed by atoms with E-state index in [1.807, 2.05) is 0 Å². The fourth-order valence-electron chi connectivity index (χ4n) is 7.35. The average Bonchev–Trinajstić information content (AvgIpc) is 3.41. The second kappa shape index (κ2) is 13.2. The van der Waals surface area contributed by atoms with Crippen molar-refractivity contribution in [1.82, 2.24) is 32.3 Å². The van der Waals surface area contributed by atoms with Crippen LogP contribution in [0.5, 0.6) is 0 Å². The summed E-state index contributed by atoms with van der Waals surface area (Å²) in [5.41, 5.74) is 9.26. The predicted octanol–water partition coefficient (Wildman–Crippen LogP) is 1.78. The molecule has 2 heterocycles. The van der Waals surface area contributed by atoms with Gasteiger partial charge in [-0.3, -0.25) is 25.2 Å². The van der Waals surface area contributed by atoms with Crippen molar-refractivity contribution in [2.45, 2.75) is 121 Å². The van der Waals surface area contributed by atoms with E-state index in [1.165, 1.54) is 12.8 Å². The maximum absolute atomic E-state index is 12.7. The first-order valence-electron chi connectivity index (χ1n) is 14.9. The van der Waals surface area contributed by atoms with E-state index < -0.39 is 0 Å². The molecule has 5 aliphatic rings. The fourth-order valence-corrected chi connectivity index (χ4v) is 7.35. The zero-order valence-corrected chi connectivity index (χ0v) is 22.4. The minimum Gasteiger partial charge on any atom is -0.381 e. The van der Waals surface area contributed by atoms with Gasteiger partial charge in [0.1, 0.15) is 6.23 Å². The summed E-state index contributed by atoms with van der Waals surface area (Å²) >= 11 is 0. The number of carbonyl (C=O) groups excluding carboxylic acids is 2. The van der Waals surface area contributed by atoms with Crippen LogP contribution in [-0.4, -0.2) is 56.2 Å². The Hall–Kier alpha value is -1.30. The molecule has 10 nitrogen and oxygen atoms in total. The highest BCUT2D eigenvalue weighted by Crippen LogP contribution is 2.34. The number of methoxy groups -OCH3 is 1. The summed E-state index contributed by atoms with van der Waals surface area (Å²) in [6, 6.07) is 0.244. The average molecular weight is 521 g/mol. The highest BCUT2D eigenvalue weighted by molar-refractivity contribution is 5.79. The minimum atomic E-state index is -0.119. The van der Waals surface area contributed by atoms with E-state index in [4.69, 9.17) is 9.57 Å². The van der Waals surface area contributed by atoms with Crippen molar-refractivity contribution in [3.05, 3.63) is 0 Å². The highest BCUT2D eigenvalue weighted by Gasteiger charge is 2.40. The lowest BCUT2D eigenvalue weighted by Crippen LogP contribution is -2.64. The van der Waals surface area contributed by atoms with Crippen LogP contribution in [0.3, 0.4) is 0 Å². The normalized spacial score (nSPS) is 40.6. The molecule has 5 rings (SSSR count). The summed E-state index contributed by atoms with van der Waals surface area (Å²) in [5.74, 6) is 1.88. The summed E-state index contributed by atoms with van der Waals surface area (Å²) in [7, 11) is 1.80. The summed E-state index contributed by atoms with van der Waals surface area (Å²) in [5, 5.41) is 10.5. The summed E-state index contributed by atoms with van der Waals surface area (Å²) in [6.07, 6.45) is 15.0. The molecule has 37 heavy (non-hydrogen) atoms. The molecular formula is C27H48N6O4. The van der Waals surface area contributed by atoms with E-state index in [2.05, 4.69) is 32.3 Å². The summed E-state index contributed by atoms with van der Waals surface area (Å²) < 4.78 is 5.48. The third kappa shape index (κ3) is 7.22. The molecule has 0 aromatic heterocycles. The van der Waals surface area contributed by atoms with Crippen LogP contribution >= 0.6 is 0 Å². The van der Waals surface area contributed by atoms with Gasteiger partial charge in [0.25, 0.3) is 0 Å². The number of fused-ring (bicyclic) bond motifs is 1. The molecule has 0 spiro atoms. The van der Waals surface area contributed by atoms with Crippen molar-refractivity contribution in [2.75, 3.05) is 13.7 Å². The van der Waals surface area contributed by atoms with Crippen molar-refractivity contribution in [1.29, 1.82) is 0 Å². The number of hydroxylamine groups is 1. The van der Waals surface area contributed by atoms with Gasteiger partial charge in [-0.2, -0.15) is 5.48 Å². The first-order chi connectivity index (χ1) is 18.1. The topological polar surface area (TPSA) is 125 Å². The van der Waals surface area contributed by atoms with Crippen molar-refractivity contribution in [3.8, 4) is 0 Å². The number of ether oxygens (including phenoxy) is 1. The van der Waals surface area contributed by atoms with E-state index in [-0.39, 0.29) is 42.3 Å². The van der Waals surface area contributed by atoms with Crippen LogP contribution < -0.4 is 32.3 Å². The van der Waals surface area contributed by atoms with Crippen LogP contribution in [0.25, 0.3) is 0 Å². The van der Waals surface area contributed by atoms with Gasteiger partial charge in [-0.15, -0.1) is 0 Å². The van der Waals surface area contributed by atoms with Gasteiger partial charge in [0.2, 0.25) is 11.8 Å². The highest BCUT2D eigenvalue weighted by atomic mass is 16.7. The summed E-state index contributed by atoms with van der Waals surface area (Å²) in [4.78, 5) is 30.7. The molecule has 7 atom stereocenters. The van der Waals surface area contributed by atoms with E-state index >= 15 is 0 Å². The molecule has 210 valence electrons. The van der Waals surface area contributed by atoms with Gasteiger partial charge >= 0.3 is 0 Å². The molecule has 7 unspecified atom stereocenters. The van der Waals surface area contributed by atoms with Gasteiger partial charge in [-0.1, -0.05) is 19.3 Å². The smallest absolute Gasteiger partial charge is 0.237 e. The number of hydrogen-bond acceptors (Lipinski definition) is 8. The zero-order valence-electron chi connectivity index (χ0n) is 22.4. The van der Waals surface area contributed by atoms with Crippen molar-refractivity contribution in [3.63, 3.8) is 0 Å². The van der Waals surface area contributed by atoms with Crippen LogP contribution in [0.1, 0.15) is 89.9 Å². The number of nitrogens with one attached hydrogen (secondary N) is 6. The Labute approximate surface area is 221 Å². The number of hydrazine groups is 1. The molecular weight excluding hydrogens is 472 g/mol. The van der Waals surface area contributed by atoms with Crippen LogP contribution in [0.2, 0.25) is 0 Å². The van der Waals surface area contributed by atoms with Gasteiger partial charge in [0, 0.05) is 31.4 Å². The Morgan fingerprint density at radius 3 is 2.73 bits per heavy atom. The molecule has 3 saturated carbocycles. The lowest BCUT2D eigenvalue weighted by Gasteiger charge is -2.42. The Kier molecular flexibility index (Phi) is 9.71. The van der Waals surface area contributed by atoms with Crippen LogP contribution in [0, 0.1) is 23.7 Å². The first-order valence-corrected chi connectivity index (χ1v) is 14.9. The van der Waals surface area contributed by atoms with E-state index in [9.17, 15) is 9.59 Å². The maximum atomic E-state index is 12.7. The predicted molar refractivity (Wildman–Crippen MR) is 139 cm³/mol. The van der Waals surface area contributed by atoms with Crippen molar-refractivity contribution in [2.24, 2.45) is 23.7 Å². The molecule has 2 aliphatic heterocycles. The van der Waals surface area contributed by atoms with Gasteiger partial charge in [-0.05, 0) is 82.6 Å². The lowest BCUT2D eigenvalue weighted by atomic mass is 9.76. The Morgan fingerprint density at radius 2 is 1.89 bits per heavy atom. The molecule has 2 saturated heterocycles. The van der Waals surface area contributed by atoms with E-state index in [0.29, 0.717) is 36.7 Å². The number of hydrogen-bond donors (Lipinski definition) is 6. The number of rotatable bonds is 9. The SMILES string of the molecule is COC1CCC(C2NOC(CCC(=O)NC3CCCC(CNC4NNC(=O)C5CCCCC45)C3)N2)CC1. The van der Waals surface area contributed by atoms with E-state index in [0.717, 1.165) is 70.8 Å². The number of carbonyl (C=O) groups is 2. The molecule has 2 amide bonds. The van der Waals surface area contributed by atoms with Gasteiger partial charge < -0.3 is 15.4 Å². The largest absolute Gasteiger partial charge is 0.381 e. The molecule has 0 bridgehead atoms. The van der Waals surface area contributed by atoms with Gasteiger partial charge in [0.05, 0.1) is 18.4 Å². The third-order valence-corrected chi connectivity index (χ3v) is 9.57. The van der Waals surface area contributed by atoms with Gasteiger partial charge in [0.15, 0.2) is 0 Å². The maximum Gasteiger partial charge on any atom is 0.237 e. The molecule has 0 aromatic rings. The Balaban J connectivity index is 0.984. The first kappa shape index (κ1) is 27.3. The monoisotopic (exact) mass is 520 g/mol. The molecule has 3 aliphatic carbocycles. The van der Waals surface area contributed by atoms with Crippen molar-refractivity contribution >= 4 is 11.8 Å². The zero-order chi connectivity index (χ0) is 25.6. The second-order valence-electron chi connectivity index (χ2n) is 12.1. The molecule has 10 heteroatoms. The number of amides is 2. The van der Waals surface area contributed by atoms with Crippen LogP contribution in [0.15, 0.2) is 0 Å². The van der Waals surface area contributed by atoms with Crippen LogP contribution in [0.4, 0.5) is 0 Å². The Morgan fingerprint density at radius 1 is 1.05 bits per heavy atom. The minimum absolute atomic E-state index is 0.119. The molecule has 0 aromatic carbocycles. The Bertz CT molecular complexity index is 763. The van der Waals surface area contributed by atoms with Gasteiger partial charge in [-0.25, -0.2) is 5.43 Å². The standard InChI is InChI=1S/C27H48N6O4/c1-36-20-11-9-18(10-12-20)25-30-24(37-33-25)14-13-23(34)29-19-6-4-5-17(15-19)16-28-26-21-7-2-3-8-22(21)27(35)32-31-26/h17-22,24-26,28,30-31,33H,2-16H2,1H3,(H,29,34)(H,32,35). The molecule has 6 N–H and O–H groups in total. The quantitative estimate of drug-likeness (QED) is 0.272. The van der Waals surface area contributed by atoms with Crippen molar-refractivity contribution < 1.29 is 19.2 Å². The fraction of sp³-hybridized carbons (Fsp3) is 0.926. The lowest BCUT2D eigenvalue weighted by molar-refractivity contribution is -0.134. The molecule has 0 radical (unpaired) electrons. The van der Waals surface area contributed by atoms with E-state index in [1.54, 1.807) is 7.11 Å². The second-order valence-corrected chi connectivity index (χ2v) is 12.1.